The Labute approximate surface area is 156 Å². The molecule has 0 fully saturated rings. The third-order valence-electron chi connectivity index (χ3n) is 4.72. The highest BCUT2D eigenvalue weighted by molar-refractivity contribution is 7.17. The minimum atomic E-state index is -0.464. The molecule has 1 aromatic heterocycles. The Balaban J connectivity index is 1.79. The van der Waals surface area contributed by atoms with Crippen molar-refractivity contribution in [3.63, 3.8) is 0 Å². The summed E-state index contributed by atoms with van der Waals surface area (Å²) in [5.74, 6) is 0.0224. The van der Waals surface area contributed by atoms with E-state index in [0.29, 0.717) is 21.5 Å². The van der Waals surface area contributed by atoms with Gasteiger partial charge in [0.2, 0.25) is 5.91 Å². The molecule has 3 N–H and O–H groups in total. The van der Waals surface area contributed by atoms with Crippen molar-refractivity contribution in [2.24, 2.45) is 11.7 Å². The van der Waals surface area contributed by atoms with Crippen molar-refractivity contribution in [1.82, 2.24) is 0 Å². The van der Waals surface area contributed by atoms with Gasteiger partial charge >= 0.3 is 0 Å². The third kappa shape index (κ3) is 4.05. The lowest BCUT2D eigenvalue weighted by atomic mass is 9.85. The zero-order valence-corrected chi connectivity index (χ0v) is 15.7. The molecule has 0 spiro atoms. The first-order valence-corrected chi connectivity index (χ1v) is 9.66. The second kappa shape index (κ2) is 7.58. The number of benzene rings is 1. The first kappa shape index (κ1) is 18.0. The molecule has 0 bridgehead atoms. The Kier molecular flexibility index (Phi) is 5.45. The number of halogens is 1. The van der Waals surface area contributed by atoms with Crippen LogP contribution in [0.25, 0.3) is 0 Å². The van der Waals surface area contributed by atoms with Crippen molar-refractivity contribution in [1.29, 1.82) is 0 Å². The molecule has 2 amide bonds. The Morgan fingerprint density at radius 3 is 2.68 bits per heavy atom. The summed E-state index contributed by atoms with van der Waals surface area (Å²) < 4.78 is 0. The number of hydrogen-bond donors (Lipinski definition) is 2. The lowest BCUT2D eigenvalue weighted by Gasteiger charge is -2.20. The fourth-order valence-corrected chi connectivity index (χ4v) is 4.82. The van der Waals surface area contributed by atoms with Crippen LogP contribution in [0.1, 0.15) is 46.1 Å². The number of fused-ring (bicyclic) bond motifs is 1. The molecule has 0 saturated carbocycles. The van der Waals surface area contributed by atoms with Crippen LogP contribution in [-0.2, 0) is 24.1 Å². The molecule has 2 aromatic rings. The van der Waals surface area contributed by atoms with Gasteiger partial charge in [-0.1, -0.05) is 37.1 Å². The van der Waals surface area contributed by atoms with Crippen molar-refractivity contribution in [2.45, 2.75) is 39.0 Å². The molecule has 1 aliphatic carbocycles. The van der Waals surface area contributed by atoms with Crippen LogP contribution in [-0.4, -0.2) is 11.8 Å². The molecular weight excluding hydrogens is 356 g/mol. The van der Waals surface area contributed by atoms with Gasteiger partial charge in [0.25, 0.3) is 5.91 Å². The van der Waals surface area contributed by atoms with Crippen LogP contribution < -0.4 is 11.1 Å². The zero-order chi connectivity index (χ0) is 18.0. The van der Waals surface area contributed by atoms with Crippen LogP contribution in [0.15, 0.2) is 24.3 Å². The molecule has 1 heterocycles. The maximum Gasteiger partial charge on any atom is 0.251 e. The molecule has 1 aromatic carbocycles. The summed E-state index contributed by atoms with van der Waals surface area (Å²) in [6, 6.07) is 7.16. The van der Waals surface area contributed by atoms with Crippen molar-refractivity contribution >= 4 is 39.8 Å². The van der Waals surface area contributed by atoms with Crippen LogP contribution in [0.3, 0.4) is 0 Å². The van der Waals surface area contributed by atoms with Crippen LogP contribution in [0, 0.1) is 5.92 Å². The molecule has 0 unspecified atom stereocenters. The van der Waals surface area contributed by atoms with Gasteiger partial charge in [0.15, 0.2) is 0 Å². The van der Waals surface area contributed by atoms with E-state index in [4.69, 9.17) is 17.3 Å². The molecule has 3 rings (SSSR count). The highest BCUT2D eigenvalue weighted by atomic mass is 35.5. The summed E-state index contributed by atoms with van der Waals surface area (Å²) in [7, 11) is 0. The Bertz CT molecular complexity index is 799. The molecule has 4 nitrogen and oxygen atoms in total. The van der Waals surface area contributed by atoms with Gasteiger partial charge in [-0.05, 0) is 48.4 Å². The standard InChI is InChI=1S/C19H21ClN2O2S/c1-2-11-5-8-14-15(9-11)25-19(17(14)18(21)24)22-16(23)10-12-3-6-13(20)7-4-12/h3-4,6-7,11H,2,5,8-10H2,1H3,(H2,21,24)(H,22,23)/t11-/m1/s1. The summed E-state index contributed by atoms with van der Waals surface area (Å²) in [4.78, 5) is 25.5. The van der Waals surface area contributed by atoms with Gasteiger partial charge in [-0.25, -0.2) is 0 Å². The van der Waals surface area contributed by atoms with Crippen molar-refractivity contribution in [2.75, 3.05) is 5.32 Å². The first-order chi connectivity index (χ1) is 12.0. The van der Waals surface area contributed by atoms with Gasteiger partial charge in [0.1, 0.15) is 5.00 Å². The van der Waals surface area contributed by atoms with Crippen LogP contribution in [0.5, 0.6) is 0 Å². The fraction of sp³-hybridized carbons (Fsp3) is 0.368. The van der Waals surface area contributed by atoms with Crippen molar-refractivity contribution in [3.8, 4) is 0 Å². The maximum absolute atomic E-state index is 12.4. The number of amides is 2. The number of rotatable bonds is 5. The van der Waals surface area contributed by atoms with Gasteiger partial charge in [-0.2, -0.15) is 0 Å². The number of hydrogen-bond acceptors (Lipinski definition) is 3. The molecule has 25 heavy (non-hydrogen) atoms. The van der Waals surface area contributed by atoms with Crippen LogP contribution >= 0.6 is 22.9 Å². The fourth-order valence-electron chi connectivity index (χ4n) is 3.31. The van der Waals surface area contributed by atoms with E-state index in [1.54, 1.807) is 12.1 Å². The average molecular weight is 377 g/mol. The first-order valence-electron chi connectivity index (χ1n) is 8.46. The average Bonchev–Trinajstić information content (AvgIpc) is 2.93. The summed E-state index contributed by atoms with van der Waals surface area (Å²) in [6.07, 6.45) is 4.25. The highest BCUT2D eigenvalue weighted by Crippen LogP contribution is 2.40. The highest BCUT2D eigenvalue weighted by Gasteiger charge is 2.28. The lowest BCUT2D eigenvalue weighted by molar-refractivity contribution is -0.115. The van der Waals surface area contributed by atoms with E-state index in [1.807, 2.05) is 12.1 Å². The Morgan fingerprint density at radius 1 is 1.32 bits per heavy atom. The summed E-state index contributed by atoms with van der Waals surface area (Å²) >= 11 is 7.36. The minimum absolute atomic E-state index is 0.157. The molecule has 1 atom stereocenters. The number of anilines is 1. The van der Waals surface area contributed by atoms with E-state index in [9.17, 15) is 9.59 Å². The number of carbonyl (C=O) groups is 2. The third-order valence-corrected chi connectivity index (χ3v) is 6.14. The quantitative estimate of drug-likeness (QED) is 0.820. The summed E-state index contributed by atoms with van der Waals surface area (Å²) in [6.45, 7) is 2.19. The number of nitrogens with one attached hydrogen (secondary N) is 1. The number of carbonyl (C=O) groups excluding carboxylic acids is 2. The minimum Gasteiger partial charge on any atom is -0.365 e. The second-order valence-electron chi connectivity index (χ2n) is 6.44. The predicted molar refractivity (Wildman–Crippen MR) is 102 cm³/mol. The zero-order valence-electron chi connectivity index (χ0n) is 14.1. The SMILES string of the molecule is CC[C@@H]1CCc2c(sc(NC(=O)Cc3ccc(Cl)cc3)c2C(N)=O)C1. The van der Waals surface area contributed by atoms with Crippen molar-refractivity contribution < 1.29 is 9.59 Å². The number of thiophene rings is 1. The molecule has 0 aliphatic heterocycles. The number of primary amides is 1. The van der Waals surface area contributed by atoms with E-state index in [0.717, 1.165) is 36.8 Å². The van der Waals surface area contributed by atoms with Gasteiger partial charge in [-0.15, -0.1) is 11.3 Å². The Hall–Kier alpha value is -1.85. The van der Waals surface area contributed by atoms with Crippen LogP contribution in [0.2, 0.25) is 5.02 Å². The Morgan fingerprint density at radius 2 is 2.04 bits per heavy atom. The molecule has 6 heteroatoms. The van der Waals surface area contributed by atoms with Crippen LogP contribution in [0.4, 0.5) is 5.00 Å². The van der Waals surface area contributed by atoms with Gasteiger partial charge in [-0.3, -0.25) is 9.59 Å². The van der Waals surface area contributed by atoms with E-state index in [-0.39, 0.29) is 12.3 Å². The normalized spacial score (nSPS) is 16.3. The van der Waals surface area contributed by atoms with Crippen molar-refractivity contribution in [3.05, 3.63) is 50.9 Å². The lowest BCUT2D eigenvalue weighted by Crippen LogP contribution is -2.20. The van der Waals surface area contributed by atoms with Gasteiger partial charge < -0.3 is 11.1 Å². The van der Waals surface area contributed by atoms with E-state index < -0.39 is 5.91 Å². The summed E-state index contributed by atoms with van der Waals surface area (Å²) in [5, 5.41) is 4.12. The molecule has 0 saturated heterocycles. The molecular formula is C19H21ClN2O2S. The van der Waals surface area contributed by atoms with Gasteiger partial charge in [0, 0.05) is 9.90 Å². The number of nitrogens with two attached hydrogens (primary N) is 1. The van der Waals surface area contributed by atoms with E-state index >= 15 is 0 Å². The largest absolute Gasteiger partial charge is 0.365 e. The monoisotopic (exact) mass is 376 g/mol. The molecule has 1 aliphatic rings. The smallest absolute Gasteiger partial charge is 0.251 e. The molecule has 132 valence electrons. The van der Waals surface area contributed by atoms with E-state index in [1.165, 1.54) is 16.2 Å². The predicted octanol–water partition coefficient (Wildman–Crippen LogP) is 4.20. The van der Waals surface area contributed by atoms with Gasteiger partial charge in [0.05, 0.1) is 12.0 Å². The van der Waals surface area contributed by atoms with E-state index in [2.05, 4.69) is 12.2 Å². The second-order valence-corrected chi connectivity index (χ2v) is 7.98. The molecule has 0 radical (unpaired) electrons. The summed E-state index contributed by atoms with van der Waals surface area (Å²) in [5.41, 5.74) is 8.00. The topological polar surface area (TPSA) is 72.2 Å². The maximum atomic E-state index is 12.4.